The number of hydrogen-bond acceptors (Lipinski definition) is 4. The number of carbonyl (C=O) groups is 1. The molecule has 28 heavy (non-hydrogen) atoms. The molecule has 0 fully saturated rings. The number of benzene rings is 2. The summed E-state index contributed by atoms with van der Waals surface area (Å²) in [6.45, 7) is 3.86. The van der Waals surface area contributed by atoms with Gasteiger partial charge in [0.05, 0.1) is 0 Å². The summed E-state index contributed by atoms with van der Waals surface area (Å²) < 4.78 is 11.1. The predicted molar refractivity (Wildman–Crippen MR) is 109 cm³/mol. The molecule has 0 atom stereocenters. The van der Waals surface area contributed by atoms with Crippen LogP contribution in [0.25, 0.3) is 11.0 Å². The fourth-order valence-electron chi connectivity index (χ4n) is 3.74. The van der Waals surface area contributed by atoms with Crippen LogP contribution in [-0.2, 0) is 17.6 Å². The van der Waals surface area contributed by atoms with Crippen molar-refractivity contribution >= 4 is 22.6 Å². The number of nitrogens with one attached hydrogen (secondary N) is 1. The number of amides is 1. The van der Waals surface area contributed by atoms with Crippen LogP contribution < -0.4 is 15.7 Å². The Kier molecular flexibility index (Phi) is 4.90. The van der Waals surface area contributed by atoms with Gasteiger partial charge in [-0.15, -0.1) is 0 Å². The molecule has 1 aromatic heterocycles. The summed E-state index contributed by atoms with van der Waals surface area (Å²) in [5, 5.41) is 3.83. The Labute approximate surface area is 163 Å². The van der Waals surface area contributed by atoms with E-state index < -0.39 is 0 Å². The van der Waals surface area contributed by atoms with Gasteiger partial charge in [0.2, 0.25) is 0 Å². The van der Waals surface area contributed by atoms with Gasteiger partial charge in [-0.05, 0) is 74.4 Å². The molecule has 3 aromatic rings. The van der Waals surface area contributed by atoms with Crippen molar-refractivity contribution in [1.29, 1.82) is 0 Å². The molecule has 1 heterocycles. The van der Waals surface area contributed by atoms with Crippen LogP contribution in [0.5, 0.6) is 5.75 Å². The van der Waals surface area contributed by atoms with Crippen molar-refractivity contribution < 1.29 is 13.9 Å². The third-order valence-corrected chi connectivity index (χ3v) is 5.44. The molecule has 0 radical (unpaired) electrons. The van der Waals surface area contributed by atoms with E-state index in [4.69, 9.17) is 9.15 Å². The summed E-state index contributed by atoms with van der Waals surface area (Å²) in [5.74, 6) is 0.267. The zero-order valence-corrected chi connectivity index (χ0v) is 16.1. The van der Waals surface area contributed by atoms with E-state index in [2.05, 4.69) is 5.32 Å². The second kappa shape index (κ2) is 7.50. The summed E-state index contributed by atoms with van der Waals surface area (Å²) >= 11 is 0. The number of anilines is 1. The van der Waals surface area contributed by atoms with Crippen LogP contribution in [0.4, 0.5) is 5.69 Å². The van der Waals surface area contributed by atoms with Gasteiger partial charge >= 0.3 is 5.63 Å². The lowest BCUT2D eigenvalue weighted by molar-refractivity contribution is -0.118. The smallest absolute Gasteiger partial charge is 0.339 e. The van der Waals surface area contributed by atoms with Crippen molar-refractivity contribution in [3.8, 4) is 5.75 Å². The highest BCUT2D eigenvalue weighted by molar-refractivity contribution is 5.93. The molecule has 1 amide bonds. The lowest BCUT2D eigenvalue weighted by Crippen LogP contribution is -2.20. The Morgan fingerprint density at radius 3 is 2.71 bits per heavy atom. The molecule has 1 N–H and O–H groups in total. The molecule has 1 aliphatic rings. The fourth-order valence-corrected chi connectivity index (χ4v) is 3.74. The van der Waals surface area contributed by atoms with Gasteiger partial charge in [0, 0.05) is 22.7 Å². The molecular formula is C23H23NO4. The van der Waals surface area contributed by atoms with E-state index in [0.717, 1.165) is 59.0 Å². The van der Waals surface area contributed by atoms with Crippen molar-refractivity contribution in [3.63, 3.8) is 0 Å². The number of fused-ring (bicyclic) bond motifs is 3. The first-order valence-electron chi connectivity index (χ1n) is 9.60. The molecule has 0 unspecified atom stereocenters. The van der Waals surface area contributed by atoms with Crippen LogP contribution in [0.2, 0.25) is 0 Å². The molecule has 0 aliphatic heterocycles. The maximum atomic E-state index is 12.2. The molecule has 144 valence electrons. The zero-order chi connectivity index (χ0) is 19.7. The van der Waals surface area contributed by atoms with E-state index in [1.807, 2.05) is 44.2 Å². The van der Waals surface area contributed by atoms with E-state index >= 15 is 0 Å². The molecule has 0 saturated carbocycles. The summed E-state index contributed by atoms with van der Waals surface area (Å²) in [6, 6.07) is 11.2. The van der Waals surface area contributed by atoms with E-state index in [1.165, 1.54) is 0 Å². The predicted octanol–water partition coefficient (Wildman–Crippen LogP) is 4.31. The Morgan fingerprint density at radius 1 is 1.11 bits per heavy atom. The largest absolute Gasteiger partial charge is 0.484 e. The van der Waals surface area contributed by atoms with Gasteiger partial charge < -0.3 is 14.5 Å². The Morgan fingerprint density at radius 2 is 1.89 bits per heavy atom. The van der Waals surface area contributed by atoms with Crippen LogP contribution in [0.1, 0.15) is 35.1 Å². The standard InChI is InChI=1S/C23H23NO4/c1-14-6-5-9-20(15(14)2)24-22(25)13-27-16-10-11-18-17-7-3-4-8-19(17)23(26)28-21(18)12-16/h5-6,9-12H,3-4,7-8,13H2,1-2H3,(H,24,25). The summed E-state index contributed by atoms with van der Waals surface area (Å²) in [4.78, 5) is 24.5. The van der Waals surface area contributed by atoms with Gasteiger partial charge in [0.1, 0.15) is 11.3 Å². The fraction of sp³-hybridized carbons (Fsp3) is 0.304. The van der Waals surface area contributed by atoms with Crippen molar-refractivity contribution in [2.45, 2.75) is 39.5 Å². The molecule has 0 bridgehead atoms. The second-order valence-corrected chi connectivity index (χ2v) is 7.30. The second-order valence-electron chi connectivity index (χ2n) is 7.30. The van der Waals surface area contributed by atoms with Crippen LogP contribution in [0.3, 0.4) is 0 Å². The first kappa shape index (κ1) is 18.3. The average Bonchev–Trinajstić information content (AvgIpc) is 2.70. The number of ether oxygens (including phenoxy) is 1. The third-order valence-electron chi connectivity index (χ3n) is 5.44. The maximum absolute atomic E-state index is 12.2. The number of aryl methyl sites for hydroxylation is 2. The van der Waals surface area contributed by atoms with Gasteiger partial charge in [-0.3, -0.25) is 4.79 Å². The molecule has 0 spiro atoms. The number of hydrogen-bond donors (Lipinski definition) is 1. The highest BCUT2D eigenvalue weighted by atomic mass is 16.5. The Bertz CT molecular complexity index is 1110. The lowest BCUT2D eigenvalue weighted by atomic mass is 9.91. The van der Waals surface area contributed by atoms with Crippen molar-refractivity contribution in [1.82, 2.24) is 0 Å². The van der Waals surface area contributed by atoms with Gasteiger partial charge in [-0.25, -0.2) is 4.79 Å². The maximum Gasteiger partial charge on any atom is 0.339 e. The monoisotopic (exact) mass is 377 g/mol. The average molecular weight is 377 g/mol. The molecule has 4 rings (SSSR count). The van der Waals surface area contributed by atoms with Gasteiger partial charge in [0.15, 0.2) is 6.61 Å². The Balaban J connectivity index is 1.50. The first-order chi connectivity index (χ1) is 13.5. The first-order valence-corrected chi connectivity index (χ1v) is 9.60. The Hall–Kier alpha value is -3.08. The minimum absolute atomic E-state index is 0.117. The van der Waals surface area contributed by atoms with Crippen LogP contribution in [-0.4, -0.2) is 12.5 Å². The summed E-state index contributed by atoms with van der Waals surface area (Å²) in [6.07, 6.45) is 3.79. The number of carbonyl (C=O) groups excluding carboxylic acids is 1. The van der Waals surface area contributed by atoms with Gasteiger partial charge in [-0.2, -0.15) is 0 Å². The quantitative estimate of drug-likeness (QED) is 0.688. The van der Waals surface area contributed by atoms with Gasteiger partial charge in [-0.1, -0.05) is 12.1 Å². The molecular weight excluding hydrogens is 354 g/mol. The van der Waals surface area contributed by atoms with E-state index in [1.54, 1.807) is 6.07 Å². The van der Waals surface area contributed by atoms with Crippen LogP contribution in [0.15, 0.2) is 45.6 Å². The minimum atomic E-state index is -0.257. The molecule has 5 nitrogen and oxygen atoms in total. The molecule has 5 heteroatoms. The molecule has 0 saturated heterocycles. The highest BCUT2D eigenvalue weighted by Gasteiger charge is 2.18. The summed E-state index contributed by atoms with van der Waals surface area (Å²) in [7, 11) is 0. The van der Waals surface area contributed by atoms with E-state index in [0.29, 0.717) is 11.3 Å². The minimum Gasteiger partial charge on any atom is -0.484 e. The lowest BCUT2D eigenvalue weighted by Gasteiger charge is -2.16. The topological polar surface area (TPSA) is 68.5 Å². The molecule has 1 aliphatic carbocycles. The SMILES string of the molecule is Cc1cccc(NC(=O)COc2ccc3c4c(c(=O)oc3c2)CCCC4)c1C. The van der Waals surface area contributed by atoms with E-state index in [9.17, 15) is 9.59 Å². The van der Waals surface area contributed by atoms with Gasteiger partial charge in [0.25, 0.3) is 5.91 Å². The zero-order valence-electron chi connectivity index (χ0n) is 16.1. The van der Waals surface area contributed by atoms with Crippen molar-refractivity contribution in [2.75, 3.05) is 11.9 Å². The van der Waals surface area contributed by atoms with E-state index in [-0.39, 0.29) is 18.1 Å². The number of rotatable bonds is 4. The molecule has 2 aromatic carbocycles. The van der Waals surface area contributed by atoms with Crippen LogP contribution in [0, 0.1) is 13.8 Å². The van der Waals surface area contributed by atoms with Crippen molar-refractivity contribution in [3.05, 3.63) is 69.1 Å². The third kappa shape index (κ3) is 3.52. The van der Waals surface area contributed by atoms with Crippen molar-refractivity contribution in [2.24, 2.45) is 0 Å². The normalized spacial score (nSPS) is 13.2. The summed E-state index contributed by atoms with van der Waals surface area (Å²) in [5.41, 5.74) is 5.09. The highest BCUT2D eigenvalue weighted by Crippen LogP contribution is 2.29. The van der Waals surface area contributed by atoms with Crippen LogP contribution >= 0.6 is 0 Å².